The first-order valence-electron chi connectivity index (χ1n) is 4.13. The predicted molar refractivity (Wildman–Crippen MR) is 53.4 cm³/mol. The molecule has 1 rings (SSSR count). The highest BCUT2D eigenvalue weighted by atomic mass is 16.5. The molecular weight excluding hydrogens is 180 g/mol. The number of carbonyl (C=O) groups is 1. The maximum Gasteiger partial charge on any atom is 0.337 e. The van der Waals surface area contributed by atoms with Crippen molar-refractivity contribution in [3.63, 3.8) is 0 Å². The van der Waals surface area contributed by atoms with Gasteiger partial charge in [0.05, 0.1) is 18.5 Å². The van der Waals surface area contributed by atoms with E-state index in [2.05, 4.69) is 4.74 Å². The monoisotopic (exact) mass is 192 g/mol. The number of hydrogen-bond donors (Lipinski definition) is 2. The molecular formula is C10H12N2O2. The molecule has 0 aliphatic heterocycles. The van der Waals surface area contributed by atoms with Gasteiger partial charge in [-0.15, -0.1) is 0 Å². The number of carbonyl (C=O) groups excluding carboxylic acids is 1. The number of esters is 1. The molecule has 1 aromatic carbocycles. The van der Waals surface area contributed by atoms with Crippen molar-refractivity contribution in [1.82, 2.24) is 0 Å². The number of nitrogens with two attached hydrogens (primary N) is 1. The number of hydrogen-bond acceptors (Lipinski definition) is 3. The van der Waals surface area contributed by atoms with Crippen LogP contribution in [0.3, 0.4) is 0 Å². The summed E-state index contributed by atoms with van der Waals surface area (Å²) in [4.78, 5) is 11.1. The van der Waals surface area contributed by atoms with Crippen molar-refractivity contribution in [3.05, 3.63) is 35.4 Å². The molecule has 0 spiro atoms. The fourth-order valence-corrected chi connectivity index (χ4v) is 1.10. The van der Waals surface area contributed by atoms with Crippen LogP contribution in [0, 0.1) is 5.41 Å². The van der Waals surface area contributed by atoms with E-state index in [4.69, 9.17) is 11.1 Å². The van der Waals surface area contributed by atoms with Crippen LogP contribution in [0.25, 0.3) is 0 Å². The van der Waals surface area contributed by atoms with Crippen molar-refractivity contribution in [2.24, 2.45) is 5.73 Å². The molecule has 0 heterocycles. The summed E-state index contributed by atoms with van der Waals surface area (Å²) in [5, 5.41) is 7.09. The molecule has 0 fully saturated rings. The van der Waals surface area contributed by atoms with Crippen molar-refractivity contribution in [2.45, 2.75) is 6.42 Å². The molecule has 1 aromatic rings. The molecule has 3 N–H and O–H groups in total. The Kier molecular flexibility index (Phi) is 3.23. The zero-order valence-electron chi connectivity index (χ0n) is 7.91. The zero-order valence-corrected chi connectivity index (χ0v) is 7.91. The van der Waals surface area contributed by atoms with Gasteiger partial charge in [-0.05, 0) is 17.7 Å². The molecule has 0 amide bonds. The van der Waals surface area contributed by atoms with E-state index in [0.29, 0.717) is 12.0 Å². The fourth-order valence-electron chi connectivity index (χ4n) is 1.10. The van der Waals surface area contributed by atoms with Gasteiger partial charge in [-0.2, -0.15) is 0 Å². The van der Waals surface area contributed by atoms with Crippen LogP contribution in [0.4, 0.5) is 0 Å². The zero-order chi connectivity index (χ0) is 10.6. The van der Waals surface area contributed by atoms with E-state index in [-0.39, 0.29) is 11.8 Å². The fraction of sp³-hybridized carbons (Fsp3) is 0.200. The molecule has 0 aliphatic rings. The van der Waals surface area contributed by atoms with Gasteiger partial charge in [-0.1, -0.05) is 12.1 Å². The second kappa shape index (κ2) is 4.41. The summed E-state index contributed by atoms with van der Waals surface area (Å²) >= 11 is 0. The van der Waals surface area contributed by atoms with Gasteiger partial charge < -0.3 is 10.5 Å². The van der Waals surface area contributed by atoms with Crippen LogP contribution in [0.2, 0.25) is 0 Å². The van der Waals surface area contributed by atoms with Crippen LogP contribution in [-0.2, 0) is 11.2 Å². The second-order valence-corrected chi connectivity index (χ2v) is 2.89. The van der Waals surface area contributed by atoms with Gasteiger partial charge in [-0.25, -0.2) is 4.79 Å². The summed E-state index contributed by atoms with van der Waals surface area (Å²) in [6.07, 6.45) is 0.404. The van der Waals surface area contributed by atoms with Gasteiger partial charge >= 0.3 is 5.97 Å². The van der Waals surface area contributed by atoms with E-state index >= 15 is 0 Å². The number of rotatable bonds is 3. The van der Waals surface area contributed by atoms with Crippen molar-refractivity contribution >= 4 is 11.8 Å². The summed E-state index contributed by atoms with van der Waals surface area (Å²) in [5.74, 6) is -0.254. The van der Waals surface area contributed by atoms with Crippen LogP contribution >= 0.6 is 0 Å². The standard InChI is InChI=1S/C10H12N2O2/c1-14-10(13)8-4-2-7(3-5-8)6-9(11)12/h2-5H,6H2,1H3,(H3,11,12). The lowest BCUT2D eigenvalue weighted by atomic mass is 10.1. The maximum atomic E-state index is 11.1. The molecule has 0 aliphatic carbocycles. The van der Waals surface area contributed by atoms with Gasteiger partial charge in [0.2, 0.25) is 0 Å². The van der Waals surface area contributed by atoms with Crippen LogP contribution in [-0.4, -0.2) is 18.9 Å². The third-order valence-electron chi connectivity index (χ3n) is 1.77. The lowest BCUT2D eigenvalue weighted by Crippen LogP contribution is -2.12. The minimum absolute atomic E-state index is 0.107. The SMILES string of the molecule is COC(=O)c1ccc(CC(=N)N)cc1. The Bertz CT molecular complexity index is 344. The Balaban J connectivity index is 2.78. The molecule has 14 heavy (non-hydrogen) atoms. The average molecular weight is 192 g/mol. The number of benzene rings is 1. The summed E-state index contributed by atoms with van der Waals surface area (Å²) in [6.45, 7) is 0. The van der Waals surface area contributed by atoms with Gasteiger partial charge in [0, 0.05) is 6.42 Å². The Hall–Kier alpha value is -1.84. The molecule has 0 atom stereocenters. The van der Waals surface area contributed by atoms with E-state index in [1.807, 2.05) is 0 Å². The van der Waals surface area contributed by atoms with E-state index < -0.39 is 0 Å². The van der Waals surface area contributed by atoms with Gasteiger partial charge in [0.15, 0.2) is 0 Å². The Morgan fingerprint density at radius 2 is 2.00 bits per heavy atom. The molecule has 0 radical (unpaired) electrons. The van der Waals surface area contributed by atoms with Crippen molar-refractivity contribution in [1.29, 1.82) is 5.41 Å². The molecule has 4 heteroatoms. The Morgan fingerprint density at radius 1 is 1.43 bits per heavy atom. The van der Waals surface area contributed by atoms with E-state index in [9.17, 15) is 4.79 Å². The highest BCUT2D eigenvalue weighted by Gasteiger charge is 2.04. The number of ether oxygens (including phenoxy) is 1. The van der Waals surface area contributed by atoms with Crippen molar-refractivity contribution in [2.75, 3.05) is 7.11 Å². The van der Waals surface area contributed by atoms with Crippen LogP contribution in [0.1, 0.15) is 15.9 Å². The van der Waals surface area contributed by atoms with Crippen LogP contribution in [0.15, 0.2) is 24.3 Å². The first kappa shape index (κ1) is 10.2. The Labute approximate surface area is 82.2 Å². The quantitative estimate of drug-likeness (QED) is 0.425. The number of nitrogens with one attached hydrogen (secondary N) is 1. The topological polar surface area (TPSA) is 76.2 Å². The first-order chi connectivity index (χ1) is 6.63. The molecule has 0 unspecified atom stereocenters. The largest absolute Gasteiger partial charge is 0.465 e. The first-order valence-corrected chi connectivity index (χ1v) is 4.13. The third kappa shape index (κ3) is 2.58. The lowest BCUT2D eigenvalue weighted by molar-refractivity contribution is 0.0601. The second-order valence-electron chi connectivity index (χ2n) is 2.89. The van der Waals surface area contributed by atoms with Gasteiger partial charge in [0.25, 0.3) is 0 Å². The number of methoxy groups -OCH3 is 1. The number of amidine groups is 1. The predicted octanol–water partition coefficient (Wildman–Crippen LogP) is 0.952. The van der Waals surface area contributed by atoms with E-state index in [1.54, 1.807) is 24.3 Å². The lowest BCUT2D eigenvalue weighted by Gasteiger charge is -2.01. The Morgan fingerprint density at radius 3 is 2.43 bits per heavy atom. The summed E-state index contributed by atoms with van der Waals surface area (Å²) < 4.78 is 4.55. The molecule has 0 bridgehead atoms. The van der Waals surface area contributed by atoms with Crippen molar-refractivity contribution in [3.8, 4) is 0 Å². The van der Waals surface area contributed by atoms with E-state index in [0.717, 1.165) is 5.56 Å². The molecule has 0 saturated carbocycles. The van der Waals surface area contributed by atoms with Crippen LogP contribution < -0.4 is 5.73 Å². The smallest absolute Gasteiger partial charge is 0.337 e. The molecule has 0 aromatic heterocycles. The molecule has 74 valence electrons. The van der Waals surface area contributed by atoms with Crippen LogP contribution in [0.5, 0.6) is 0 Å². The van der Waals surface area contributed by atoms with E-state index in [1.165, 1.54) is 7.11 Å². The summed E-state index contributed by atoms with van der Waals surface area (Å²) in [5.41, 5.74) is 6.65. The summed E-state index contributed by atoms with van der Waals surface area (Å²) in [7, 11) is 1.34. The highest BCUT2D eigenvalue weighted by Crippen LogP contribution is 2.05. The molecule has 0 saturated heterocycles. The maximum absolute atomic E-state index is 11.1. The highest BCUT2D eigenvalue weighted by molar-refractivity contribution is 5.89. The normalized spacial score (nSPS) is 9.50. The van der Waals surface area contributed by atoms with Gasteiger partial charge in [-0.3, -0.25) is 5.41 Å². The average Bonchev–Trinajstić information content (AvgIpc) is 2.17. The molecule has 4 nitrogen and oxygen atoms in total. The minimum Gasteiger partial charge on any atom is -0.465 e. The van der Waals surface area contributed by atoms with Crippen molar-refractivity contribution < 1.29 is 9.53 Å². The summed E-state index contributed by atoms with van der Waals surface area (Å²) in [6, 6.07) is 6.83. The minimum atomic E-state index is -0.362. The third-order valence-corrected chi connectivity index (χ3v) is 1.77. The van der Waals surface area contributed by atoms with Gasteiger partial charge in [0.1, 0.15) is 0 Å².